The SMILES string of the molecule is O=[N+]([O-])c1cc(C2=[NH+]CCN2)cc([N+](=O)[O-])c1. The third kappa shape index (κ3) is 2.19. The number of rotatable bonds is 3. The number of hydrogen-bond acceptors (Lipinski definition) is 5. The Labute approximate surface area is 95.3 Å². The van der Waals surface area contributed by atoms with Gasteiger partial charge in [-0.2, -0.15) is 0 Å². The Kier molecular flexibility index (Phi) is 2.69. The highest BCUT2D eigenvalue weighted by Gasteiger charge is 2.23. The minimum Gasteiger partial charge on any atom is -0.270 e. The summed E-state index contributed by atoms with van der Waals surface area (Å²) in [5.41, 5.74) is -0.169. The molecule has 0 atom stereocenters. The topological polar surface area (TPSA) is 112 Å². The summed E-state index contributed by atoms with van der Waals surface area (Å²) in [6, 6.07) is 3.54. The van der Waals surface area contributed by atoms with Gasteiger partial charge in [0.05, 0.1) is 21.5 Å². The van der Waals surface area contributed by atoms with Gasteiger partial charge in [0, 0.05) is 12.1 Å². The van der Waals surface area contributed by atoms with Crippen molar-refractivity contribution in [3.8, 4) is 0 Å². The minimum atomic E-state index is -0.647. The van der Waals surface area contributed by atoms with Crippen LogP contribution < -0.4 is 10.3 Å². The Morgan fingerprint density at radius 1 is 1.12 bits per heavy atom. The third-order valence-corrected chi connectivity index (χ3v) is 2.34. The predicted molar refractivity (Wildman–Crippen MR) is 57.7 cm³/mol. The minimum absolute atomic E-state index is 0.294. The summed E-state index contributed by atoms with van der Waals surface area (Å²) in [5.74, 6) is 0.580. The molecule has 0 fully saturated rings. The summed E-state index contributed by atoms with van der Waals surface area (Å²) < 4.78 is 0. The number of nitro groups is 2. The maximum Gasteiger partial charge on any atom is 0.277 e. The van der Waals surface area contributed by atoms with Crippen LogP contribution in [0.1, 0.15) is 5.56 Å². The summed E-state index contributed by atoms with van der Waals surface area (Å²) in [6.45, 7) is 1.37. The van der Waals surface area contributed by atoms with Gasteiger partial charge in [0.15, 0.2) is 0 Å². The second kappa shape index (κ2) is 4.16. The lowest BCUT2D eigenvalue weighted by Crippen LogP contribution is -2.70. The van der Waals surface area contributed by atoms with Crippen molar-refractivity contribution in [2.45, 2.75) is 0 Å². The van der Waals surface area contributed by atoms with Crippen molar-refractivity contribution in [1.29, 1.82) is 0 Å². The second-order valence-corrected chi connectivity index (χ2v) is 3.48. The van der Waals surface area contributed by atoms with Crippen LogP contribution in [0.4, 0.5) is 11.4 Å². The van der Waals surface area contributed by atoms with Crippen LogP contribution >= 0.6 is 0 Å². The Balaban J connectivity index is 2.51. The molecule has 1 heterocycles. The predicted octanol–water partition coefficient (Wildman–Crippen LogP) is -1.07. The van der Waals surface area contributed by atoms with E-state index in [1.165, 1.54) is 12.1 Å². The molecular formula is C9H9N4O4+. The molecule has 88 valence electrons. The first-order chi connectivity index (χ1) is 8.08. The van der Waals surface area contributed by atoms with Crippen LogP contribution in [0, 0.1) is 20.2 Å². The third-order valence-electron chi connectivity index (χ3n) is 2.34. The van der Waals surface area contributed by atoms with Gasteiger partial charge in [-0.3, -0.25) is 30.5 Å². The summed E-state index contributed by atoms with van der Waals surface area (Å²) in [6.07, 6.45) is 0. The Morgan fingerprint density at radius 2 is 1.71 bits per heavy atom. The van der Waals surface area contributed by atoms with E-state index < -0.39 is 9.85 Å². The molecule has 8 heteroatoms. The zero-order valence-electron chi connectivity index (χ0n) is 8.67. The summed E-state index contributed by atoms with van der Waals surface area (Å²) >= 11 is 0. The fourth-order valence-electron chi connectivity index (χ4n) is 1.59. The standard InChI is InChI=1S/C9H8N4O4/c14-12(15)7-3-6(9-10-1-2-11-9)4-8(5-7)13(16)17/h3-5H,1-2H2,(H,10,11)/p+1. The number of amidine groups is 1. The quantitative estimate of drug-likeness (QED) is 0.513. The Morgan fingerprint density at radius 3 is 2.12 bits per heavy atom. The van der Waals surface area contributed by atoms with Crippen LogP contribution in [0.5, 0.6) is 0 Å². The van der Waals surface area contributed by atoms with Crippen LogP contribution in [-0.4, -0.2) is 28.8 Å². The number of benzene rings is 1. The first-order valence-electron chi connectivity index (χ1n) is 4.87. The smallest absolute Gasteiger partial charge is 0.270 e. The van der Waals surface area contributed by atoms with Gasteiger partial charge in [-0.05, 0) is 0 Å². The van der Waals surface area contributed by atoms with E-state index in [0.717, 1.165) is 6.07 Å². The highest BCUT2D eigenvalue weighted by Crippen LogP contribution is 2.22. The van der Waals surface area contributed by atoms with Gasteiger partial charge in [0.1, 0.15) is 13.1 Å². The maximum atomic E-state index is 10.7. The lowest BCUT2D eigenvalue weighted by molar-refractivity contribution is -0.444. The van der Waals surface area contributed by atoms with E-state index in [1.54, 1.807) is 0 Å². The van der Waals surface area contributed by atoms with Crippen LogP contribution in [0.2, 0.25) is 0 Å². The van der Waals surface area contributed by atoms with Gasteiger partial charge in [-0.25, -0.2) is 0 Å². The molecular weight excluding hydrogens is 228 g/mol. The molecule has 0 saturated heterocycles. The lowest BCUT2D eigenvalue weighted by Gasteiger charge is -1.98. The largest absolute Gasteiger partial charge is 0.277 e. The van der Waals surface area contributed by atoms with Crippen LogP contribution in [0.25, 0.3) is 0 Å². The van der Waals surface area contributed by atoms with E-state index in [0.29, 0.717) is 24.5 Å². The van der Waals surface area contributed by atoms with Crippen molar-refractivity contribution in [2.75, 3.05) is 13.1 Å². The molecule has 1 aromatic rings. The molecule has 2 N–H and O–H groups in total. The first kappa shape index (κ1) is 11.0. The van der Waals surface area contributed by atoms with Crippen molar-refractivity contribution in [2.24, 2.45) is 0 Å². The average Bonchev–Trinajstić information content (AvgIpc) is 2.81. The average molecular weight is 237 g/mol. The zero-order chi connectivity index (χ0) is 12.4. The molecule has 0 radical (unpaired) electrons. The van der Waals surface area contributed by atoms with E-state index >= 15 is 0 Å². The van der Waals surface area contributed by atoms with Gasteiger partial charge in [-0.15, -0.1) is 0 Å². The molecule has 0 aromatic heterocycles. The van der Waals surface area contributed by atoms with Crippen molar-refractivity contribution >= 4 is 17.2 Å². The zero-order valence-corrected chi connectivity index (χ0v) is 8.67. The molecule has 0 amide bonds. The number of hydrogen-bond donors (Lipinski definition) is 2. The van der Waals surface area contributed by atoms with Gasteiger partial charge >= 0.3 is 0 Å². The van der Waals surface area contributed by atoms with E-state index in [1.807, 2.05) is 0 Å². The van der Waals surface area contributed by atoms with E-state index in [2.05, 4.69) is 10.3 Å². The molecule has 0 aliphatic carbocycles. The van der Waals surface area contributed by atoms with Crippen molar-refractivity contribution in [3.63, 3.8) is 0 Å². The van der Waals surface area contributed by atoms with Gasteiger partial charge < -0.3 is 0 Å². The van der Waals surface area contributed by atoms with Crippen molar-refractivity contribution in [1.82, 2.24) is 5.32 Å². The second-order valence-electron chi connectivity index (χ2n) is 3.48. The van der Waals surface area contributed by atoms with Crippen LogP contribution in [-0.2, 0) is 0 Å². The summed E-state index contributed by atoms with van der Waals surface area (Å²) in [7, 11) is 0. The highest BCUT2D eigenvalue weighted by molar-refractivity contribution is 5.96. The fraction of sp³-hybridized carbons (Fsp3) is 0.222. The lowest BCUT2D eigenvalue weighted by atomic mass is 10.1. The number of non-ortho nitro benzene ring substituents is 2. The normalized spacial score (nSPS) is 14.0. The van der Waals surface area contributed by atoms with Gasteiger partial charge in [-0.1, -0.05) is 0 Å². The number of nitrogens with one attached hydrogen (secondary N) is 2. The van der Waals surface area contributed by atoms with E-state index in [4.69, 9.17) is 0 Å². The molecule has 0 bridgehead atoms. The Bertz CT molecular complexity index is 493. The number of nitrogens with zero attached hydrogens (tertiary/aromatic N) is 2. The van der Waals surface area contributed by atoms with E-state index in [9.17, 15) is 20.2 Å². The molecule has 0 spiro atoms. The summed E-state index contributed by atoms with van der Waals surface area (Å²) in [5, 5.41) is 24.3. The Hall–Kier alpha value is -2.51. The highest BCUT2D eigenvalue weighted by atomic mass is 16.6. The van der Waals surface area contributed by atoms with Crippen molar-refractivity contribution in [3.05, 3.63) is 44.0 Å². The summed E-state index contributed by atoms with van der Waals surface area (Å²) in [4.78, 5) is 23.0. The molecule has 1 aromatic carbocycles. The van der Waals surface area contributed by atoms with Crippen molar-refractivity contribution < 1.29 is 14.8 Å². The molecule has 0 unspecified atom stereocenters. The van der Waals surface area contributed by atoms with Crippen LogP contribution in [0.3, 0.4) is 0 Å². The molecule has 2 rings (SSSR count). The van der Waals surface area contributed by atoms with Gasteiger partial charge in [0.25, 0.3) is 17.2 Å². The van der Waals surface area contributed by atoms with E-state index in [-0.39, 0.29) is 11.4 Å². The number of nitro benzene ring substituents is 2. The first-order valence-corrected chi connectivity index (χ1v) is 4.87. The fourth-order valence-corrected chi connectivity index (χ4v) is 1.59. The molecule has 0 saturated carbocycles. The van der Waals surface area contributed by atoms with Crippen LogP contribution in [0.15, 0.2) is 18.2 Å². The molecule has 1 aliphatic rings. The maximum absolute atomic E-state index is 10.7. The monoisotopic (exact) mass is 237 g/mol. The van der Waals surface area contributed by atoms with Gasteiger partial charge in [0.2, 0.25) is 0 Å². The molecule has 1 aliphatic heterocycles. The molecule has 17 heavy (non-hydrogen) atoms. The molecule has 8 nitrogen and oxygen atoms in total.